The van der Waals surface area contributed by atoms with E-state index in [-0.39, 0.29) is 5.69 Å². The number of anilines is 2. The van der Waals surface area contributed by atoms with Gasteiger partial charge in [-0.05, 0) is 42.5 Å². The largest absolute Gasteiger partial charge is 0.332 e. The van der Waals surface area contributed by atoms with Crippen LogP contribution in [-0.2, 0) is 0 Å². The van der Waals surface area contributed by atoms with E-state index in [2.05, 4.69) is 26.6 Å². The summed E-state index contributed by atoms with van der Waals surface area (Å²) in [5, 5.41) is 17.0. The van der Waals surface area contributed by atoms with Crippen LogP contribution in [0.25, 0.3) is 0 Å². The summed E-state index contributed by atoms with van der Waals surface area (Å²) < 4.78 is 0.959. The summed E-state index contributed by atoms with van der Waals surface area (Å²) in [6.07, 6.45) is 0. The Morgan fingerprint density at radius 2 is 1.75 bits per heavy atom. The zero-order valence-corrected chi connectivity index (χ0v) is 12.6. The molecule has 0 spiro atoms. The molecule has 0 amide bonds. The van der Waals surface area contributed by atoms with Gasteiger partial charge in [0.25, 0.3) is 5.69 Å². The number of hydrogen-bond donors (Lipinski definition) is 2. The number of thiocarbonyl (C=S) groups is 1. The number of benzene rings is 2. The van der Waals surface area contributed by atoms with Crippen molar-refractivity contribution in [2.24, 2.45) is 0 Å². The summed E-state index contributed by atoms with van der Waals surface area (Å²) in [5.41, 5.74) is 1.13. The van der Waals surface area contributed by atoms with E-state index < -0.39 is 4.92 Å². The van der Waals surface area contributed by atoms with Crippen LogP contribution in [-0.4, -0.2) is 10.0 Å². The molecule has 2 aromatic rings. The van der Waals surface area contributed by atoms with Crippen molar-refractivity contribution >= 4 is 50.3 Å². The van der Waals surface area contributed by atoms with Gasteiger partial charge in [-0.15, -0.1) is 0 Å². The first-order valence-corrected chi connectivity index (χ1v) is 6.83. The van der Waals surface area contributed by atoms with Crippen LogP contribution in [0.3, 0.4) is 0 Å². The first-order valence-electron chi connectivity index (χ1n) is 5.63. The minimum Gasteiger partial charge on any atom is -0.332 e. The maximum Gasteiger partial charge on any atom is 0.292 e. The molecule has 0 aromatic heterocycles. The van der Waals surface area contributed by atoms with Gasteiger partial charge in [-0.1, -0.05) is 28.1 Å². The molecule has 2 aromatic carbocycles. The number of nitro benzene ring substituents is 1. The van der Waals surface area contributed by atoms with E-state index in [1.54, 1.807) is 18.2 Å². The van der Waals surface area contributed by atoms with Crippen LogP contribution in [0.1, 0.15) is 0 Å². The Kier molecular flexibility index (Phi) is 4.65. The Balaban J connectivity index is 2.08. The number of hydrogen-bond acceptors (Lipinski definition) is 3. The summed E-state index contributed by atoms with van der Waals surface area (Å²) >= 11 is 8.48. The third-order valence-electron chi connectivity index (χ3n) is 2.45. The molecule has 0 unspecified atom stereocenters. The van der Waals surface area contributed by atoms with E-state index in [1.165, 1.54) is 6.07 Å². The number of para-hydroxylation sites is 2. The highest BCUT2D eigenvalue weighted by Crippen LogP contribution is 2.23. The fourth-order valence-corrected chi connectivity index (χ4v) is 2.05. The van der Waals surface area contributed by atoms with Gasteiger partial charge in [0.15, 0.2) is 5.11 Å². The Morgan fingerprint density at radius 3 is 2.40 bits per heavy atom. The highest BCUT2D eigenvalue weighted by Gasteiger charge is 2.13. The summed E-state index contributed by atoms with van der Waals surface area (Å²) in [6, 6.07) is 13.8. The monoisotopic (exact) mass is 351 g/mol. The first-order chi connectivity index (χ1) is 9.56. The number of nitrogens with zero attached hydrogens (tertiary/aromatic N) is 1. The van der Waals surface area contributed by atoms with Crippen LogP contribution in [0.2, 0.25) is 0 Å². The minimum absolute atomic E-state index is 0.0209. The molecule has 2 N–H and O–H groups in total. The lowest BCUT2D eigenvalue weighted by Gasteiger charge is -2.10. The van der Waals surface area contributed by atoms with Crippen LogP contribution < -0.4 is 10.6 Å². The fourth-order valence-electron chi connectivity index (χ4n) is 1.56. The summed E-state index contributed by atoms with van der Waals surface area (Å²) in [4.78, 5) is 10.4. The van der Waals surface area contributed by atoms with Gasteiger partial charge in [-0.25, -0.2) is 0 Å². The molecule has 0 atom stereocenters. The molecule has 0 radical (unpaired) electrons. The van der Waals surface area contributed by atoms with Gasteiger partial charge >= 0.3 is 0 Å². The van der Waals surface area contributed by atoms with E-state index in [0.717, 1.165) is 10.2 Å². The molecule has 0 fully saturated rings. The summed E-state index contributed by atoms with van der Waals surface area (Å²) in [6.45, 7) is 0. The van der Waals surface area contributed by atoms with Gasteiger partial charge in [0.1, 0.15) is 5.69 Å². The zero-order chi connectivity index (χ0) is 14.5. The van der Waals surface area contributed by atoms with Gasteiger partial charge < -0.3 is 10.6 Å². The first kappa shape index (κ1) is 14.4. The predicted molar refractivity (Wildman–Crippen MR) is 87.1 cm³/mol. The second-order valence-corrected chi connectivity index (χ2v) is 5.18. The standard InChI is InChI=1S/C13H10BrN3O2S/c14-9-5-7-10(8-6-9)15-13(20)16-11-3-1-2-4-12(11)17(18)19/h1-8H,(H2,15,16,20). The summed E-state index contributed by atoms with van der Waals surface area (Å²) in [5.74, 6) is 0. The van der Waals surface area contributed by atoms with Gasteiger partial charge in [-0.2, -0.15) is 0 Å². The van der Waals surface area contributed by atoms with Gasteiger partial charge in [0.05, 0.1) is 4.92 Å². The number of rotatable bonds is 3. The smallest absolute Gasteiger partial charge is 0.292 e. The van der Waals surface area contributed by atoms with Crippen LogP contribution in [0.4, 0.5) is 17.1 Å². The van der Waals surface area contributed by atoms with E-state index in [0.29, 0.717) is 10.8 Å². The van der Waals surface area contributed by atoms with Crippen LogP contribution in [0, 0.1) is 10.1 Å². The van der Waals surface area contributed by atoms with E-state index in [1.807, 2.05) is 24.3 Å². The van der Waals surface area contributed by atoms with Crippen molar-refractivity contribution in [3.05, 3.63) is 63.1 Å². The Bertz CT molecular complexity index is 646. The average molecular weight is 352 g/mol. The van der Waals surface area contributed by atoms with Gasteiger partial charge in [0, 0.05) is 16.2 Å². The third kappa shape index (κ3) is 3.75. The second kappa shape index (κ2) is 6.44. The summed E-state index contributed by atoms with van der Waals surface area (Å²) in [7, 11) is 0. The maximum atomic E-state index is 10.9. The van der Waals surface area contributed by atoms with Crippen LogP contribution >= 0.6 is 28.1 Å². The zero-order valence-electron chi connectivity index (χ0n) is 10.2. The molecule has 7 heteroatoms. The van der Waals surface area contributed by atoms with Gasteiger partial charge in [-0.3, -0.25) is 10.1 Å². The van der Waals surface area contributed by atoms with Crippen molar-refractivity contribution in [2.45, 2.75) is 0 Å². The quantitative estimate of drug-likeness (QED) is 0.493. The Labute approximate surface area is 129 Å². The minimum atomic E-state index is -0.454. The molecule has 0 aliphatic heterocycles. The highest BCUT2D eigenvalue weighted by molar-refractivity contribution is 9.10. The molecule has 0 aliphatic rings. The SMILES string of the molecule is O=[N+]([O-])c1ccccc1NC(=S)Nc1ccc(Br)cc1. The van der Waals surface area contributed by atoms with Gasteiger partial charge in [0.2, 0.25) is 0 Å². The molecule has 5 nitrogen and oxygen atoms in total. The molecule has 102 valence electrons. The van der Waals surface area contributed by atoms with Crippen molar-refractivity contribution in [1.82, 2.24) is 0 Å². The predicted octanol–water partition coefficient (Wildman–Crippen LogP) is 4.17. The third-order valence-corrected chi connectivity index (χ3v) is 3.18. The van der Waals surface area contributed by atoms with Crippen molar-refractivity contribution in [1.29, 1.82) is 0 Å². The second-order valence-electron chi connectivity index (χ2n) is 3.86. The number of nitro groups is 1. The lowest BCUT2D eigenvalue weighted by Crippen LogP contribution is -2.19. The number of halogens is 1. The fraction of sp³-hybridized carbons (Fsp3) is 0. The van der Waals surface area contributed by atoms with Crippen molar-refractivity contribution in [3.63, 3.8) is 0 Å². The van der Waals surface area contributed by atoms with Crippen LogP contribution in [0.15, 0.2) is 53.0 Å². The molecule has 2 rings (SSSR count). The Morgan fingerprint density at radius 1 is 1.10 bits per heavy atom. The Hall–Kier alpha value is -1.99. The molecule has 0 bridgehead atoms. The molecule has 20 heavy (non-hydrogen) atoms. The van der Waals surface area contributed by atoms with E-state index in [4.69, 9.17) is 12.2 Å². The average Bonchev–Trinajstić information content (AvgIpc) is 2.41. The topological polar surface area (TPSA) is 67.2 Å². The number of nitrogens with one attached hydrogen (secondary N) is 2. The normalized spacial score (nSPS) is 9.85. The molecule has 0 heterocycles. The van der Waals surface area contributed by atoms with E-state index >= 15 is 0 Å². The molecule has 0 saturated carbocycles. The molecule has 0 saturated heterocycles. The van der Waals surface area contributed by atoms with Crippen molar-refractivity contribution < 1.29 is 4.92 Å². The van der Waals surface area contributed by atoms with Crippen molar-refractivity contribution in [2.75, 3.05) is 10.6 Å². The molecular formula is C13H10BrN3O2S. The highest BCUT2D eigenvalue weighted by atomic mass is 79.9. The van der Waals surface area contributed by atoms with E-state index in [9.17, 15) is 10.1 Å². The maximum absolute atomic E-state index is 10.9. The van der Waals surface area contributed by atoms with Crippen molar-refractivity contribution in [3.8, 4) is 0 Å². The molecular weight excluding hydrogens is 342 g/mol. The molecule has 0 aliphatic carbocycles. The lowest BCUT2D eigenvalue weighted by atomic mass is 10.3. The van der Waals surface area contributed by atoms with Crippen LogP contribution in [0.5, 0.6) is 0 Å². The lowest BCUT2D eigenvalue weighted by molar-refractivity contribution is -0.383.